The molecular weight excluding hydrogens is 759 g/mol. The number of ketones is 1. The van der Waals surface area contributed by atoms with Crippen molar-refractivity contribution in [3.05, 3.63) is 69.5 Å². The Kier molecular flexibility index (Phi) is 16.5. The van der Waals surface area contributed by atoms with Crippen LogP contribution in [0.2, 0.25) is 5.02 Å². The van der Waals surface area contributed by atoms with Crippen LogP contribution in [-0.4, -0.2) is 71.4 Å². The number of imide groups is 1. The third-order valence-corrected chi connectivity index (χ3v) is 9.19. The number of carbonyl (C=O) groups excluding carboxylic acids is 7. The van der Waals surface area contributed by atoms with Crippen molar-refractivity contribution in [2.75, 3.05) is 13.1 Å². The molecule has 2 aromatic carbocycles. The second-order valence-corrected chi connectivity index (χ2v) is 13.4. The van der Waals surface area contributed by atoms with Crippen LogP contribution in [0.1, 0.15) is 93.6 Å². The summed E-state index contributed by atoms with van der Waals surface area (Å²) in [5.41, 5.74) is 3.86. The van der Waals surface area contributed by atoms with Crippen LogP contribution in [0.15, 0.2) is 24.3 Å². The van der Waals surface area contributed by atoms with Gasteiger partial charge in [0, 0.05) is 11.6 Å². The first kappa shape index (κ1) is 44.3. The number of hydrogen-bond donors (Lipinski definition) is 5. The van der Waals surface area contributed by atoms with Crippen LogP contribution in [0.25, 0.3) is 0 Å². The lowest BCUT2D eigenvalue weighted by molar-refractivity contribution is -0.140. The lowest BCUT2D eigenvalue weighted by atomic mass is 9.83. The molecule has 7 amide bonds. The van der Waals surface area contributed by atoms with E-state index in [1.807, 2.05) is 0 Å². The molecule has 13 nitrogen and oxygen atoms in total. The molecule has 3 atom stereocenters. The minimum Gasteiger partial charge on any atom is -0.368 e. The molecule has 1 saturated carbocycles. The maximum absolute atomic E-state index is 14.6. The van der Waals surface area contributed by atoms with Crippen molar-refractivity contribution in [3.63, 3.8) is 0 Å². The summed E-state index contributed by atoms with van der Waals surface area (Å²) < 4.78 is 70.8. The number of amides is 7. The Labute approximate surface area is 318 Å². The average Bonchev–Trinajstić information content (AvgIpc) is 3.16. The second-order valence-electron chi connectivity index (χ2n) is 12.9. The monoisotopic (exact) mass is 800 g/mol. The van der Waals surface area contributed by atoms with Gasteiger partial charge in [0.05, 0.1) is 12.6 Å². The van der Waals surface area contributed by atoms with E-state index in [0.717, 1.165) is 6.42 Å². The predicted octanol–water partition coefficient (Wildman–Crippen LogP) is 4.25. The number of nitrogens with zero attached hydrogens (tertiary/aromatic N) is 1. The molecule has 0 radical (unpaired) electrons. The summed E-state index contributed by atoms with van der Waals surface area (Å²) in [4.78, 5) is 92.3. The molecule has 2 aromatic rings. The highest BCUT2D eigenvalue weighted by atomic mass is 35.5. The SMILES string of the molecule is CCCCN(C(=O)NC(CCC)C(=O)C(=O)NCC(=O)NC(C(N)=O)c1cccc(Cl)c1)C(=O)C(NC(=O)c1c(F)c(F)c(F)c(F)c1F)C1CCCCC1. The Morgan fingerprint density at radius 1 is 0.855 bits per heavy atom. The summed E-state index contributed by atoms with van der Waals surface area (Å²) >= 11 is 5.95. The van der Waals surface area contributed by atoms with Crippen molar-refractivity contribution in [1.82, 2.24) is 26.2 Å². The van der Waals surface area contributed by atoms with Crippen LogP contribution in [0.4, 0.5) is 26.7 Å². The van der Waals surface area contributed by atoms with Crippen LogP contribution in [0.3, 0.4) is 0 Å². The molecule has 1 aliphatic carbocycles. The zero-order valence-corrected chi connectivity index (χ0v) is 30.8. The van der Waals surface area contributed by atoms with Gasteiger partial charge in [0.25, 0.3) is 17.7 Å². The third-order valence-electron chi connectivity index (χ3n) is 8.95. The molecule has 3 unspecified atom stereocenters. The van der Waals surface area contributed by atoms with E-state index in [0.29, 0.717) is 37.0 Å². The number of Topliss-reactive ketones (excluding diaryl/α,β-unsaturated/α-hetero) is 1. The van der Waals surface area contributed by atoms with E-state index in [4.69, 9.17) is 17.3 Å². The predicted molar refractivity (Wildman–Crippen MR) is 187 cm³/mol. The fourth-order valence-corrected chi connectivity index (χ4v) is 6.27. The Balaban J connectivity index is 1.81. The molecule has 0 spiro atoms. The molecule has 0 aromatic heterocycles. The molecular formula is C36H42ClF5N6O7. The van der Waals surface area contributed by atoms with Crippen LogP contribution in [0, 0.1) is 35.0 Å². The number of urea groups is 1. The Morgan fingerprint density at radius 3 is 2.04 bits per heavy atom. The van der Waals surface area contributed by atoms with E-state index in [1.54, 1.807) is 13.8 Å². The van der Waals surface area contributed by atoms with Gasteiger partial charge in [-0.05, 0) is 49.3 Å². The van der Waals surface area contributed by atoms with Crippen molar-refractivity contribution in [2.24, 2.45) is 11.7 Å². The molecule has 1 aliphatic rings. The van der Waals surface area contributed by atoms with E-state index in [1.165, 1.54) is 24.3 Å². The number of unbranched alkanes of at least 4 members (excludes halogenated alkanes) is 1. The second kappa shape index (κ2) is 20.5. The first-order valence-corrected chi connectivity index (χ1v) is 18.0. The smallest absolute Gasteiger partial charge is 0.324 e. The van der Waals surface area contributed by atoms with E-state index in [9.17, 15) is 55.5 Å². The first-order valence-electron chi connectivity index (χ1n) is 17.6. The Hall–Kier alpha value is -5.13. The van der Waals surface area contributed by atoms with Gasteiger partial charge in [0.2, 0.25) is 23.4 Å². The molecule has 0 bridgehead atoms. The number of benzene rings is 2. The Bertz CT molecular complexity index is 1770. The summed E-state index contributed by atoms with van der Waals surface area (Å²) in [6, 6.07) is 0.235. The average molecular weight is 801 g/mol. The number of nitrogens with one attached hydrogen (secondary N) is 4. The molecule has 19 heteroatoms. The van der Waals surface area contributed by atoms with Crippen molar-refractivity contribution < 1.29 is 55.5 Å². The fourth-order valence-electron chi connectivity index (χ4n) is 6.07. The number of rotatable bonds is 17. The van der Waals surface area contributed by atoms with Crippen molar-refractivity contribution in [2.45, 2.75) is 89.8 Å². The molecule has 1 fully saturated rings. The van der Waals surface area contributed by atoms with Crippen LogP contribution in [-0.2, 0) is 24.0 Å². The van der Waals surface area contributed by atoms with Crippen LogP contribution in [0.5, 0.6) is 0 Å². The molecule has 6 N–H and O–H groups in total. The molecule has 0 aliphatic heterocycles. The standard InChI is InChI=1S/C36H42ClF5N6O7/c1-3-5-15-48(35(54)30(18-11-7-6-8-12-18)47-33(52)23-24(38)26(40)28(42)27(41)25(23)39)36(55)45-21(10-4-2)31(50)34(53)44-17-22(49)46-29(32(43)51)19-13-9-14-20(37)16-19/h9,13-14,16,18,21,29-30H,3-8,10-12,15,17H2,1-2H3,(H2,43,51)(H,44,53)(H,45,55)(H,46,49)(H,47,52). The summed E-state index contributed by atoms with van der Waals surface area (Å²) in [7, 11) is 0. The van der Waals surface area contributed by atoms with Gasteiger partial charge in [-0.15, -0.1) is 0 Å². The van der Waals surface area contributed by atoms with E-state index in [2.05, 4.69) is 21.3 Å². The maximum Gasteiger partial charge on any atom is 0.324 e. The lowest BCUT2D eigenvalue weighted by Crippen LogP contribution is -2.58. The minimum atomic E-state index is -2.48. The Morgan fingerprint density at radius 2 is 1.47 bits per heavy atom. The van der Waals surface area contributed by atoms with Gasteiger partial charge in [-0.2, -0.15) is 0 Å². The normalized spacial score (nSPS) is 14.5. The number of carbonyl (C=O) groups is 7. The highest BCUT2D eigenvalue weighted by Crippen LogP contribution is 2.29. The van der Waals surface area contributed by atoms with E-state index < -0.39 is 107 Å². The number of primary amides is 1. The molecule has 55 heavy (non-hydrogen) atoms. The third kappa shape index (κ3) is 11.4. The van der Waals surface area contributed by atoms with Crippen LogP contribution >= 0.6 is 11.6 Å². The van der Waals surface area contributed by atoms with Gasteiger partial charge in [-0.3, -0.25) is 33.7 Å². The molecule has 3 rings (SSSR count). The highest BCUT2D eigenvalue weighted by Gasteiger charge is 2.39. The molecule has 0 saturated heterocycles. The molecule has 300 valence electrons. The quantitative estimate of drug-likeness (QED) is 0.0683. The zero-order chi connectivity index (χ0) is 41.0. The summed E-state index contributed by atoms with van der Waals surface area (Å²) in [5.74, 6) is -19.9. The largest absolute Gasteiger partial charge is 0.368 e. The van der Waals surface area contributed by atoms with Crippen molar-refractivity contribution in [1.29, 1.82) is 0 Å². The van der Waals surface area contributed by atoms with E-state index >= 15 is 0 Å². The first-order chi connectivity index (χ1) is 26.0. The number of hydrogen-bond acceptors (Lipinski definition) is 7. The zero-order valence-electron chi connectivity index (χ0n) is 30.0. The van der Waals surface area contributed by atoms with Gasteiger partial charge in [-0.1, -0.05) is 69.7 Å². The minimum absolute atomic E-state index is 0.110. The van der Waals surface area contributed by atoms with Gasteiger partial charge >= 0.3 is 6.03 Å². The maximum atomic E-state index is 14.6. The highest BCUT2D eigenvalue weighted by molar-refractivity contribution is 6.38. The topological polar surface area (TPSA) is 197 Å². The fraction of sp³-hybridized carbons (Fsp3) is 0.472. The number of halogens is 6. The van der Waals surface area contributed by atoms with Crippen molar-refractivity contribution >= 4 is 53.0 Å². The van der Waals surface area contributed by atoms with Gasteiger partial charge in [-0.25, -0.2) is 26.7 Å². The van der Waals surface area contributed by atoms with Crippen LogP contribution < -0.4 is 27.0 Å². The van der Waals surface area contributed by atoms with Gasteiger partial charge in [0.1, 0.15) is 17.6 Å². The summed E-state index contributed by atoms with van der Waals surface area (Å²) in [6.45, 7) is 2.30. The van der Waals surface area contributed by atoms with Gasteiger partial charge in [0.15, 0.2) is 23.3 Å². The summed E-state index contributed by atoms with van der Waals surface area (Å²) in [5, 5.41) is 9.14. The number of nitrogens with two attached hydrogens (primary N) is 1. The molecule has 0 heterocycles. The van der Waals surface area contributed by atoms with Crippen molar-refractivity contribution in [3.8, 4) is 0 Å². The summed E-state index contributed by atoms with van der Waals surface area (Å²) in [6.07, 6.45) is 3.29. The van der Waals surface area contributed by atoms with E-state index in [-0.39, 0.29) is 36.4 Å². The lowest BCUT2D eigenvalue weighted by Gasteiger charge is -2.34. The van der Waals surface area contributed by atoms with Gasteiger partial charge < -0.3 is 27.0 Å².